The Balaban J connectivity index is 1.96. The maximum atomic E-state index is 9.44. The predicted molar refractivity (Wildman–Crippen MR) is 101 cm³/mol. The van der Waals surface area contributed by atoms with Gasteiger partial charge in [-0.2, -0.15) is 0 Å². The van der Waals surface area contributed by atoms with E-state index >= 15 is 0 Å². The number of thioether (sulfide) groups is 1. The van der Waals surface area contributed by atoms with Crippen LogP contribution in [-0.2, 0) is 0 Å². The molecule has 24 heavy (non-hydrogen) atoms. The van der Waals surface area contributed by atoms with E-state index in [4.69, 9.17) is 11.6 Å². The number of aliphatic hydroxyl groups is 1. The monoisotopic (exact) mass is 359 g/mol. The maximum absolute atomic E-state index is 9.44. The average molecular weight is 360 g/mol. The van der Waals surface area contributed by atoms with E-state index in [-0.39, 0.29) is 17.9 Å². The molecule has 3 rings (SSSR count). The van der Waals surface area contributed by atoms with Gasteiger partial charge in [0.2, 0.25) is 5.28 Å². The number of fused-ring (bicyclic) bond motifs is 1. The van der Waals surface area contributed by atoms with Crippen LogP contribution in [0.15, 0.2) is 53.4 Å². The van der Waals surface area contributed by atoms with E-state index in [1.54, 1.807) is 11.8 Å². The number of nitrogens with one attached hydrogen (secondary N) is 1. The van der Waals surface area contributed by atoms with E-state index in [9.17, 15) is 5.11 Å². The number of hydrogen-bond acceptors (Lipinski definition) is 5. The third-order valence-electron chi connectivity index (χ3n) is 3.82. The van der Waals surface area contributed by atoms with E-state index in [2.05, 4.69) is 39.6 Å². The van der Waals surface area contributed by atoms with Crippen LogP contribution in [0.25, 0.3) is 10.9 Å². The van der Waals surface area contributed by atoms with E-state index in [1.165, 1.54) is 4.90 Å². The minimum absolute atomic E-state index is 0.0553. The maximum Gasteiger partial charge on any atom is 0.224 e. The van der Waals surface area contributed by atoms with E-state index in [0.29, 0.717) is 12.2 Å². The molecule has 0 aliphatic rings. The highest BCUT2D eigenvalue weighted by Gasteiger charge is 2.14. The highest BCUT2D eigenvalue weighted by atomic mass is 35.5. The van der Waals surface area contributed by atoms with Crippen LogP contribution in [-0.4, -0.2) is 27.9 Å². The first kappa shape index (κ1) is 17.0. The molecule has 0 radical (unpaired) electrons. The van der Waals surface area contributed by atoms with Crippen molar-refractivity contribution in [1.29, 1.82) is 0 Å². The molecule has 4 nitrogen and oxygen atoms in total. The summed E-state index contributed by atoms with van der Waals surface area (Å²) in [6, 6.07) is 16.0. The fraction of sp³-hybridized carbons (Fsp3) is 0.222. The van der Waals surface area contributed by atoms with Gasteiger partial charge in [0.1, 0.15) is 5.82 Å². The van der Waals surface area contributed by atoms with Crippen molar-refractivity contribution in [2.75, 3.05) is 18.2 Å². The predicted octanol–water partition coefficient (Wildman–Crippen LogP) is 4.54. The Morgan fingerprint density at radius 3 is 2.58 bits per heavy atom. The van der Waals surface area contributed by atoms with Gasteiger partial charge in [-0.25, -0.2) is 9.97 Å². The first-order chi connectivity index (χ1) is 11.7. The molecular formula is C18H18ClN3OS. The lowest BCUT2D eigenvalue weighted by atomic mass is 10.0. The number of anilines is 1. The minimum Gasteiger partial charge on any atom is -0.396 e. The van der Waals surface area contributed by atoms with Crippen LogP contribution >= 0.6 is 23.4 Å². The molecular weight excluding hydrogens is 342 g/mol. The second-order valence-electron chi connectivity index (χ2n) is 5.34. The second kappa shape index (κ2) is 7.83. The van der Waals surface area contributed by atoms with E-state index in [0.717, 1.165) is 16.5 Å². The molecule has 124 valence electrons. The van der Waals surface area contributed by atoms with E-state index in [1.807, 2.05) is 30.5 Å². The third-order valence-corrected chi connectivity index (χ3v) is 4.74. The van der Waals surface area contributed by atoms with Crippen LogP contribution < -0.4 is 5.32 Å². The van der Waals surface area contributed by atoms with Gasteiger partial charge in [0.15, 0.2) is 0 Å². The Morgan fingerprint density at radius 1 is 1.12 bits per heavy atom. The van der Waals surface area contributed by atoms with Crippen LogP contribution in [0.2, 0.25) is 5.28 Å². The normalized spacial score (nSPS) is 12.3. The molecule has 1 unspecified atom stereocenters. The Hall–Kier alpha value is -1.82. The van der Waals surface area contributed by atoms with E-state index < -0.39 is 0 Å². The van der Waals surface area contributed by atoms with Gasteiger partial charge in [-0.3, -0.25) is 0 Å². The number of para-hydroxylation sites is 1. The van der Waals surface area contributed by atoms with Crippen molar-refractivity contribution in [2.45, 2.75) is 17.4 Å². The van der Waals surface area contributed by atoms with Gasteiger partial charge in [-0.15, -0.1) is 11.8 Å². The van der Waals surface area contributed by atoms with Crippen LogP contribution in [0.4, 0.5) is 5.82 Å². The smallest absolute Gasteiger partial charge is 0.224 e. The molecule has 6 heteroatoms. The van der Waals surface area contributed by atoms with Gasteiger partial charge in [0.25, 0.3) is 0 Å². The van der Waals surface area contributed by atoms with Gasteiger partial charge in [0, 0.05) is 16.9 Å². The molecule has 0 bridgehead atoms. The summed E-state index contributed by atoms with van der Waals surface area (Å²) in [4.78, 5) is 9.79. The van der Waals surface area contributed by atoms with Crippen LogP contribution in [0.1, 0.15) is 18.0 Å². The lowest BCUT2D eigenvalue weighted by molar-refractivity contribution is 0.280. The molecule has 0 fully saturated rings. The van der Waals surface area contributed by atoms with Crippen molar-refractivity contribution in [3.8, 4) is 0 Å². The summed E-state index contributed by atoms with van der Waals surface area (Å²) in [7, 11) is 0. The molecule has 0 saturated carbocycles. The topological polar surface area (TPSA) is 58.0 Å². The standard InChI is InChI=1S/C18H18ClN3OS/c1-24-13-8-6-12(7-9-13)15(10-11-23)20-17-14-4-2-3-5-16(14)21-18(19)22-17/h2-9,15,23H,10-11H2,1H3,(H,20,21,22). The van der Waals surface area contributed by atoms with Crippen LogP contribution in [0.5, 0.6) is 0 Å². The first-order valence-corrected chi connectivity index (χ1v) is 9.25. The van der Waals surface area contributed by atoms with Crippen molar-refractivity contribution < 1.29 is 5.11 Å². The molecule has 0 aliphatic heterocycles. The van der Waals surface area contributed by atoms with Crippen LogP contribution in [0.3, 0.4) is 0 Å². The minimum atomic E-state index is -0.0553. The summed E-state index contributed by atoms with van der Waals surface area (Å²) in [6.45, 7) is 0.0820. The van der Waals surface area contributed by atoms with Crippen molar-refractivity contribution in [3.63, 3.8) is 0 Å². The summed E-state index contributed by atoms with van der Waals surface area (Å²) >= 11 is 7.76. The summed E-state index contributed by atoms with van der Waals surface area (Å²) in [6.07, 6.45) is 2.63. The lowest BCUT2D eigenvalue weighted by Gasteiger charge is -2.20. The molecule has 0 spiro atoms. The number of aromatic nitrogens is 2. The van der Waals surface area contributed by atoms with Gasteiger partial charge in [-0.1, -0.05) is 24.3 Å². The van der Waals surface area contributed by atoms with Gasteiger partial charge in [0.05, 0.1) is 11.6 Å². The lowest BCUT2D eigenvalue weighted by Crippen LogP contribution is -2.14. The Labute approximate surface area is 150 Å². The summed E-state index contributed by atoms with van der Waals surface area (Å²) in [5.41, 5.74) is 1.89. The highest BCUT2D eigenvalue weighted by molar-refractivity contribution is 7.98. The summed E-state index contributed by atoms with van der Waals surface area (Å²) in [5, 5.41) is 14.0. The number of aliphatic hydroxyl groups excluding tert-OH is 1. The molecule has 2 N–H and O–H groups in total. The van der Waals surface area contributed by atoms with Gasteiger partial charge < -0.3 is 10.4 Å². The quantitative estimate of drug-likeness (QED) is 0.499. The number of benzene rings is 2. The van der Waals surface area contributed by atoms with Crippen molar-refractivity contribution in [2.24, 2.45) is 0 Å². The number of nitrogens with zero attached hydrogens (tertiary/aromatic N) is 2. The average Bonchev–Trinajstić information content (AvgIpc) is 2.61. The molecule has 1 aromatic heterocycles. The zero-order chi connectivity index (χ0) is 16.9. The summed E-state index contributed by atoms with van der Waals surface area (Å²) < 4.78 is 0. The van der Waals surface area contributed by atoms with Crippen molar-refractivity contribution >= 4 is 40.1 Å². The largest absolute Gasteiger partial charge is 0.396 e. The van der Waals surface area contributed by atoms with Crippen LogP contribution in [0, 0.1) is 0 Å². The number of hydrogen-bond donors (Lipinski definition) is 2. The van der Waals surface area contributed by atoms with Gasteiger partial charge >= 0.3 is 0 Å². The third kappa shape index (κ3) is 3.80. The molecule has 1 atom stereocenters. The molecule has 0 amide bonds. The molecule has 0 saturated heterocycles. The molecule has 1 heterocycles. The first-order valence-electron chi connectivity index (χ1n) is 7.65. The summed E-state index contributed by atoms with van der Waals surface area (Å²) in [5.74, 6) is 0.679. The molecule has 2 aromatic carbocycles. The molecule has 0 aliphatic carbocycles. The molecule has 3 aromatic rings. The SMILES string of the molecule is CSc1ccc(C(CCO)Nc2nc(Cl)nc3ccccc23)cc1. The Morgan fingerprint density at radius 2 is 1.88 bits per heavy atom. The fourth-order valence-electron chi connectivity index (χ4n) is 2.61. The number of rotatable bonds is 6. The van der Waals surface area contributed by atoms with Crippen molar-refractivity contribution in [3.05, 3.63) is 59.4 Å². The fourth-order valence-corrected chi connectivity index (χ4v) is 3.19. The second-order valence-corrected chi connectivity index (χ2v) is 6.56. The Kier molecular flexibility index (Phi) is 5.56. The Bertz CT molecular complexity index is 826. The number of halogens is 1. The highest BCUT2D eigenvalue weighted by Crippen LogP contribution is 2.28. The van der Waals surface area contributed by atoms with Gasteiger partial charge in [-0.05, 0) is 54.1 Å². The van der Waals surface area contributed by atoms with Crippen molar-refractivity contribution in [1.82, 2.24) is 9.97 Å². The zero-order valence-electron chi connectivity index (χ0n) is 13.2. The zero-order valence-corrected chi connectivity index (χ0v) is 14.8.